The Morgan fingerprint density at radius 1 is 1.11 bits per heavy atom. The molecule has 0 unspecified atom stereocenters. The van der Waals surface area contributed by atoms with Gasteiger partial charge in [-0.25, -0.2) is 0 Å². The molecule has 0 aromatic heterocycles. The van der Waals surface area contributed by atoms with Crippen molar-refractivity contribution in [3.63, 3.8) is 0 Å². The first-order valence-electron chi connectivity index (χ1n) is 8.57. The Hall–Kier alpha value is -1.80. The third kappa shape index (κ3) is 7.38. The predicted octanol–water partition coefficient (Wildman–Crippen LogP) is 3.92. The highest BCUT2D eigenvalue weighted by atomic mass is 127. The van der Waals surface area contributed by atoms with E-state index < -0.39 is 0 Å². The summed E-state index contributed by atoms with van der Waals surface area (Å²) in [6.45, 7) is 3.83. The standard InChI is InChI=1S/C20H25ClN4O.HI/c1-4-23-19(26)17-7-5-6-16(12-17)13-24-20(22-2)25(3)14-15-8-10-18(21)11-9-15;/h5-12H,4,13-14H2,1-3H3,(H,22,24)(H,23,26);1H. The van der Waals surface area contributed by atoms with Gasteiger partial charge in [0.2, 0.25) is 0 Å². The van der Waals surface area contributed by atoms with Gasteiger partial charge in [-0.2, -0.15) is 0 Å². The minimum atomic E-state index is -0.0569. The molecular formula is C20H26ClIN4O. The molecule has 7 heteroatoms. The van der Waals surface area contributed by atoms with Crippen LogP contribution >= 0.6 is 35.6 Å². The highest BCUT2D eigenvalue weighted by Gasteiger charge is 2.08. The van der Waals surface area contributed by atoms with Crippen LogP contribution in [0, 0.1) is 0 Å². The van der Waals surface area contributed by atoms with E-state index in [1.165, 1.54) is 0 Å². The van der Waals surface area contributed by atoms with Gasteiger partial charge in [0, 0.05) is 44.3 Å². The number of carbonyl (C=O) groups is 1. The highest BCUT2D eigenvalue weighted by Crippen LogP contribution is 2.11. The highest BCUT2D eigenvalue weighted by molar-refractivity contribution is 14.0. The fourth-order valence-electron chi connectivity index (χ4n) is 2.59. The van der Waals surface area contributed by atoms with Gasteiger partial charge in [0.05, 0.1) is 0 Å². The lowest BCUT2D eigenvalue weighted by molar-refractivity contribution is 0.0955. The first kappa shape index (κ1) is 23.2. The average molecular weight is 501 g/mol. The maximum Gasteiger partial charge on any atom is 0.251 e. The van der Waals surface area contributed by atoms with Crippen LogP contribution in [0.25, 0.3) is 0 Å². The molecule has 2 N–H and O–H groups in total. The summed E-state index contributed by atoms with van der Waals surface area (Å²) in [6, 6.07) is 15.4. The second kappa shape index (κ2) is 11.8. The van der Waals surface area contributed by atoms with E-state index in [1.807, 2.05) is 67.4 Å². The average Bonchev–Trinajstić information content (AvgIpc) is 2.64. The molecule has 0 radical (unpaired) electrons. The molecule has 0 saturated carbocycles. The molecule has 0 aliphatic rings. The molecule has 0 spiro atoms. The number of nitrogens with one attached hydrogen (secondary N) is 2. The number of amides is 1. The van der Waals surface area contributed by atoms with Crippen LogP contribution in [0.5, 0.6) is 0 Å². The lowest BCUT2D eigenvalue weighted by atomic mass is 10.1. The van der Waals surface area contributed by atoms with Crippen molar-refractivity contribution in [2.45, 2.75) is 20.0 Å². The van der Waals surface area contributed by atoms with Gasteiger partial charge in [0.25, 0.3) is 5.91 Å². The number of benzene rings is 2. The number of hydrogen-bond donors (Lipinski definition) is 2. The molecule has 0 aliphatic heterocycles. The predicted molar refractivity (Wildman–Crippen MR) is 123 cm³/mol. The van der Waals surface area contributed by atoms with Gasteiger partial charge in [-0.15, -0.1) is 24.0 Å². The van der Waals surface area contributed by atoms with Gasteiger partial charge < -0.3 is 15.5 Å². The zero-order chi connectivity index (χ0) is 18.9. The number of guanidine groups is 1. The Bertz CT molecular complexity index is 765. The molecule has 2 aromatic rings. The van der Waals surface area contributed by atoms with Gasteiger partial charge >= 0.3 is 0 Å². The largest absolute Gasteiger partial charge is 0.352 e. The quantitative estimate of drug-likeness (QED) is 0.359. The van der Waals surface area contributed by atoms with Crippen molar-refractivity contribution in [1.29, 1.82) is 0 Å². The van der Waals surface area contributed by atoms with Crippen molar-refractivity contribution < 1.29 is 4.79 Å². The molecule has 0 atom stereocenters. The van der Waals surface area contributed by atoms with E-state index >= 15 is 0 Å². The summed E-state index contributed by atoms with van der Waals surface area (Å²) in [5.74, 6) is 0.724. The van der Waals surface area contributed by atoms with Gasteiger partial charge in [-0.3, -0.25) is 9.79 Å². The second-order valence-corrected chi connectivity index (χ2v) is 6.38. The van der Waals surface area contributed by atoms with E-state index in [0.717, 1.165) is 28.7 Å². The molecule has 0 saturated heterocycles. The number of carbonyl (C=O) groups excluding carboxylic acids is 1. The van der Waals surface area contributed by atoms with E-state index in [9.17, 15) is 4.79 Å². The Labute approximate surface area is 183 Å². The van der Waals surface area contributed by atoms with Gasteiger partial charge in [0.15, 0.2) is 5.96 Å². The van der Waals surface area contributed by atoms with E-state index in [0.29, 0.717) is 18.7 Å². The van der Waals surface area contributed by atoms with Crippen molar-refractivity contribution in [3.8, 4) is 0 Å². The van der Waals surface area contributed by atoms with Crippen molar-refractivity contribution in [2.24, 2.45) is 4.99 Å². The third-order valence-corrected chi connectivity index (χ3v) is 4.14. The summed E-state index contributed by atoms with van der Waals surface area (Å²) in [5.41, 5.74) is 2.84. The minimum absolute atomic E-state index is 0. The first-order chi connectivity index (χ1) is 12.5. The topological polar surface area (TPSA) is 56.7 Å². The monoisotopic (exact) mass is 500 g/mol. The van der Waals surface area contributed by atoms with E-state index in [4.69, 9.17) is 11.6 Å². The Balaban J connectivity index is 0.00000364. The molecule has 2 aromatic carbocycles. The lowest BCUT2D eigenvalue weighted by Crippen LogP contribution is -2.38. The SMILES string of the molecule is CCNC(=O)c1cccc(CNC(=NC)N(C)Cc2ccc(Cl)cc2)c1.I. The molecule has 27 heavy (non-hydrogen) atoms. The summed E-state index contributed by atoms with van der Waals surface area (Å²) in [4.78, 5) is 18.3. The van der Waals surface area contributed by atoms with Crippen LogP contribution in [-0.2, 0) is 13.1 Å². The summed E-state index contributed by atoms with van der Waals surface area (Å²) in [7, 11) is 3.74. The molecule has 146 valence electrons. The second-order valence-electron chi connectivity index (χ2n) is 5.94. The van der Waals surface area contributed by atoms with E-state index in [-0.39, 0.29) is 29.9 Å². The Morgan fingerprint density at radius 3 is 2.44 bits per heavy atom. The molecule has 2 rings (SSSR count). The van der Waals surface area contributed by atoms with Crippen molar-refractivity contribution in [1.82, 2.24) is 15.5 Å². The number of hydrogen-bond acceptors (Lipinski definition) is 2. The molecular weight excluding hydrogens is 475 g/mol. The fourth-order valence-corrected chi connectivity index (χ4v) is 2.72. The molecule has 0 heterocycles. The van der Waals surface area contributed by atoms with Crippen LogP contribution in [0.3, 0.4) is 0 Å². The summed E-state index contributed by atoms with van der Waals surface area (Å²) < 4.78 is 0. The number of aliphatic imine (C=N–C) groups is 1. The zero-order valence-electron chi connectivity index (χ0n) is 15.8. The van der Waals surface area contributed by atoms with Crippen LogP contribution in [0.15, 0.2) is 53.5 Å². The minimum Gasteiger partial charge on any atom is -0.352 e. The molecule has 0 bridgehead atoms. The van der Waals surface area contributed by atoms with Crippen LogP contribution < -0.4 is 10.6 Å². The molecule has 5 nitrogen and oxygen atoms in total. The van der Waals surface area contributed by atoms with E-state index in [2.05, 4.69) is 15.6 Å². The van der Waals surface area contributed by atoms with Crippen LogP contribution in [0.4, 0.5) is 0 Å². The zero-order valence-corrected chi connectivity index (χ0v) is 18.9. The lowest BCUT2D eigenvalue weighted by Gasteiger charge is -2.22. The normalized spacial score (nSPS) is 10.7. The Kier molecular flexibility index (Phi) is 10.2. The summed E-state index contributed by atoms with van der Waals surface area (Å²) in [5, 5.41) is 6.87. The maximum atomic E-state index is 12.0. The Morgan fingerprint density at radius 2 is 1.81 bits per heavy atom. The van der Waals surface area contributed by atoms with Gasteiger partial charge in [-0.1, -0.05) is 35.9 Å². The van der Waals surface area contributed by atoms with Crippen molar-refractivity contribution >= 4 is 47.4 Å². The maximum absolute atomic E-state index is 12.0. The van der Waals surface area contributed by atoms with E-state index in [1.54, 1.807) is 7.05 Å². The third-order valence-electron chi connectivity index (χ3n) is 3.88. The number of nitrogens with zero attached hydrogens (tertiary/aromatic N) is 2. The first-order valence-corrected chi connectivity index (χ1v) is 8.94. The summed E-state index contributed by atoms with van der Waals surface area (Å²) >= 11 is 5.93. The van der Waals surface area contributed by atoms with Gasteiger partial charge in [0.1, 0.15) is 0 Å². The fraction of sp³-hybridized carbons (Fsp3) is 0.300. The van der Waals surface area contributed by atoms with Crippen molar-refractivity contribution in [2.75, 3.05) is 20.6 Å². The smallest absolute Gasteiger partial charge is 0.251 e. The van der Waals surface area contributed by atoms with Crippen molar-refractivity contribution in [3.05, 3.63) is 70.2 Å². The summed E-state index contributed by atoms with van der Waals surface area (Å²) in [6.07, 6.45) is 0. The molecule has 1 amide bonds. The van der Waals surface area contributed by atoms with Crippen LogP contribution in [0.2, 0.25) is 5.02 Å². The van der Waals surface area contributed by atoms with Crippen LogP contribution in [0.1, 0.15) is 28.4 Å². The number of rotatable bonds is 6. The molecule has 0 aliphatic carbocycles. The molecule has 0 fully saturated rings. The number of halogens is 2. The van der Waals surface area contributed by atoms with Gasteiger partial charge in [-0.05, 0) is 42.3 Å². The van der Waals surface area contributed by atoms with Crippen LogP contribution in [-0.4, -0.2) is 37.4 Å².